The second kappa shape index (κ2) is 11.3. The van der Waals surface area contributed by atoms with Crippen LogP contribution in [0.25, 0.3) is 11.1 Å². The van der Waals surface area contributed by atoms with E-state index in [1.165, 1.54) is 18.6 Å². The molecule has 2 atom stereocenters. The minimum absolute atomic E-state index is 0.100. The summed E-state index contributed by atoms with van der Waals surface area (Å²) in [5, 5.41) is 18.8. The summed E-state index contributed by atoms with van der Waals surface area (Å²) in [7, 11) is 0. The summed E-state index contributed by atoms with van der Waals surface area (Å²) < 4.78 is 26.1. The van der Waals surface area contributed by atoms with E-state index in [1.807, 2.05) is 49.4 Å². The van der Waals surface area contributed by atoms with Crippen molar-refractivity contribution >= 4 is 11.7 Å². The summed E-state index contributed by atoms with van der Waals surface area (Å²) in [4.78, 5) is 17.5. The van der Waals surface area contributed by atoms with Crippen LogP contribution in [0, 0.1) is 11.3 Å². The molecule has 0 aliphatic carbocycles. The topological polar surface area (TPSA) is 95.6 Å². The Morgan fingerprint density at radius 3 is 2.36 bits per heavy atom. The van der Waals surface area contributed by atoms with E-state index >= 15 is 0 Å². The average Bonchev–Trinajstić information content (AvgIpc) is 3.41. The number of anilines is 1. The predicted octanol–water partition coefficient (Wildman–Crippen LogP) is 5.28. The number of hydrogen-bond acceptors (Lipinski definition) is 5. The number of nitrogens with one attached hydrogen (secondary N) is 2. The quantitative estimate of drug-likeness (QED) is 0.335. The fourth-order valence-corrected chi connectivity index (χ4v) is 3.74. The van der Waals surface area contributed by atoms with Gasteiger partial charge < -0.3 is 10.6 Å². The van der Waals surface area contributed by atoms with Crippen molar-refractivity contribution in [3.63, 3.8) is 0 Å². The van der Waals surface area contributed by atoms with Crippen LogP contribution in [0.4, 0.5) is 14.6 Å². The third-order valence-electron chi connectivity index (χ3n) is 5.78. The molecule has 1 amide bonds. The fraction of sp³-hybridized carbons (Fsp3) is 0.185. The summed E-state index contributed by atoms with van der Waals surface area (Å²) in [6, 6.07) is 21.6. The van der Waals surface area contributed by atoms with Gasteiger partial charge in [0.05, 0.1) is 17.8 Å². The van der Waals surface area contributed by atoms with Crippen LogP contribution in [0.5, 0.6) is 0 Å². The number of hydrogen-bond donors (Lipinski definition) is 2. The number of aromatic nitrogens is 3. The largest absolute Gasteiger partial charge is 0.333 e. The van der Waals surface area contributed by atoms with E-state index in [2.05, 4.69) is 26.8 Å². The highest BCUT2D eigenvalue weighted by molar-refractivity contribution is 5.95. The van der Waals surface area contributed by atoms with Crippen LogP contribution in [-0.2, 0) is 4.79 Å². The molecule has 182 valence electrons. The average molecular weight is 487 g/mol. The Labute approximate surface area is 207 Å². The van der Waals surface area contributed by atoms with Gasteiger partial charge in [-0.15, -0.1) is 0 Å². The van der Waals surface area contributed by atoms with E-state index in [9.17, 15) is 13.6 Å². The zero-order chi connectivity index (χ0) is 25.5. The molecule has 2 unspecified atom stereocenters. The van der Waals surface area contributed by atoms with Gasteiger partial charge >= 0.3 is 6.55 Å². The van der Waals surface area contributed by atoms with Crippen molar-refractivity contribution in [1.29, 1.82) is 5.26 Å². The molecule has 2 heterocycles. The molecule has 4 rings (SSSR count). The van der Waals surface area contributed by atoms with Crippen LogP contribution in [0.15, 0.2) is 85.3 Å². The lowest BCUT2D eigenvalue weighted by Gasteiger charge is -2.21. The Balaban J connectivity index is 1.45. The Hall–Kier alpha value is -4.42. The highest BCUT2D eigenvalue weighted by atomic mass is 19.3. The number of nitriles is 1. The van der Waals surface area contributed by atoms with E-state index in [4.69, 9.17) is 5.26 Å². The van der Waals surface area contributed by atoms with Gasteiger partial charge in [-0.05, 0) is 41.3 Å². The van der Waals surface area contributed by atoms with Gasteiger partial charge in [0.25, 0.3) is 0 Å². The van der Waals surface area contributed by atoms with Gasteiger partial charge in [0.15, 0.2) is 0 Å². The van der Waals surface area contributed by atoms with E-state index < -0.39 is 12.6 Å². The molecule has 0 radical (unpaired) electrons. The van der Waals surface area contributed by atoms with Crippen molar-refractivity contribution in [1.82, 2.24) is 20.1 Å². The van der Waals surface area contributed by atoms with Gasteiger partial charge in [0, 0.05) is 30.1 Å². The summed E-state index contributed by atoms with van der Waals surface area (Å²) in [6.45, 7) is -0.142. The minimum atomic E-state index is -2.72. The Morgan fingerprint density at radius 2 is 1.75 bits per heavy atom. The first-order chi connectivity index (χ1) is 17.4. The number of amides is 1. The minimum Gasteiger partial charge on any atom is -0.309 e. The standard InChI is InChI=1S/C27H24F2N6O/c1-18(20-9-7-19(13-30)8-10-20)14-32-25(21-5-3-2-4-6-21)26(36)34-24-12-11-22(15-31-24)23-16-33-35(17-23)27(28)29/h2-12,15-18,25,27,32H,14H2,1H3,(H,31,34,36). The Bertz CT molecular complexity index is 1330. The summed E-state index contributed by atoms with van der Waals surface area (Å²) >= 11 is 0. The van der Waals surface area contributed by atoms with Gasteiger partial charge in [-0.1, -0.05) is 49.4 Å². The first-order valence-corrected chi connectivity index (χ1v) is 11.3. The molecule has 2 N–H and O–H groups in total. The first kappa shape index (κ1) is 24.7. The molecule has 4 aromatic rings. The number of carbonyl (C=O) groups is 1. The maximum absolute atomic E-state index is 13.2. The molecule has 2 aromatic heterocycles. The second-order valence-corrected chi connectivity index (χ2v) is 8.29. The second-order valence-electron chi connectivity index (χ2n) is 8.29. The Kier molecular flexibility index (Phi) is 7.78. The van der Waals surface area contributed by atoms with Crippen LogP contribution in [-0.4, -0.2) is 27.2 Å². The molecule has 0 bridgehead atoms. The third kappa shape index (κ3) is 5.98. The van der Waals surface area contributed by atoms with Gasteiger partial charge in [-0.2, -0.15) is 19.1 Å². The molecule has 0 aliphatic rings. The number of pyridine rings is 1. The zero-order valence-electron chi connectivity index (χ0n) is 19.5. The van der Waals surface area contributed by atoms with Crippen molar-refractivity contribution in [3.05, 3.63) is 102 Å². The molecule has 0 spiro atoms. The molecule has 0 saturated heterocycles. The number of nitrogens with zero attached hydrogens (tertiary/aromatic N) is 4. The molecule has 0 fully saturated rings. The lowest BCUT2D eigenvalue weighted by Crippen LogP contribution is -2.35. The van der Waals surface area contributed by atoms with E-state index in [0.717, 1.165) is 11.1 Å². The lowest BCUT2D eigenvalue weighted by molar-refractivity contribution is -0.118. The Morgan fingerprint density at radius 1 is 1.00 bits per heavy atom. The lowest BCUT2D eigenvalue weighted by atomic mass is 9.98. The van der Waals surface area contributed by atoms with Gasteiger partial charge in [0.2, 0.25) is 5.91 Å². The smallest absolute Gasteiger partial charge is 0.309 e. The molecular weight excluding hydrogens is 462 g/mol. The molecule has 0 aliphatic heterocycles. The van der Waals surface area contributed by atoms with Gasteiger partial charge in [-0.25, -0.2) is 9.67 Å². The van der Waals surface area contributed by atoms with Crippen molar-refractivity contribution in [2.75, 3.05) is 11.9 Å². The van der Waals surface area contributed by atoms with Crippen molar-refractivity contribution in [3.8, 4) is 17.2 Å². The first-order valence-electron chi connectivity index (χ1n) is 11.3. The summed E-state index contributed by atoms with van der Waals surface area (Å²) in [5.74, 6) is 0.162. The number of rotatable bonds is 9. The molecule has 9 heteroatoms. The SMILES string of the molecule is CC(CNC(C(=O)Nc1ccc(-c2cnn(C(F)F)c2)cn1)c1ccccc1)c1ccc(C#N)cc1. The summed E-state index contributed by atoms with van der Waals surface area (Å²) in [5.41, 5.74) is 3.57. The maximum atomic E-state index is 13.2. The van der Waals surface area contributed by atoms with Crippen LogP contribution < -0.4 is 10.6 Å². The fourth-order valence-electron chi connectivity index (χ4n) is 3.74. The van der Waals surface area contributed by atoms with Crippen LogP contribution in [0.3, 0.4) is 0 Å². The van der Waals surface area contributed by atoms with Gasteiger partial charge in [-0.3, -0.25) is 4.79 Å². The van der Waals surface area contributed by atoms with Crippen molar-refractivity contribution in [2.45, 2.75) is 25.4 Å². The van der Waals surface area contributed by atoms with Crippen molar-refractivity contribution in [2.24, 2.45) is 0 Å². The van der Waals surface area contributed by atoms with Crippen LogP contribution >= 0.6 is 0 Å². The summed E-state index contributed by atoms with van der Waals surface area (Å²) in [6.07, 6.45) is 4.08. The van der Waals surface area contributed by atoms with Crippen molar-refractivity contribution < 1.29 is 13.6 Å². The van der Waals surface area contributed by atoms with E-state index in [1.54, 1.807) is 24.3 Å². The third-order valence-corrected chi connectivity index (χ3v) is 5.78. The maximum Gasteiger partial charge on any atom is 0.333 e. The van der Waals surface area contributed by atoms with Crippen LogP contribution in [0.2, 0.25) is 0 Å². The number of benzene rings is 2. The normalized spacial score (nSPS) is 12.6. The molecule has 36 heavy (non-hydrogen) atoms. The van der Waals surface area contributed by atoms with E-state index in [0.29, 0.717) is 33.7 Å². The molecule has 7 nitrogen and oxygen atoms in total. The molecule has 0 saturated carbocycles. The number of alkyl halides is 2. The monoisotopic (exact) mass is 486 g/mol. The number of carbonyl (C=O) groups excluding carboxylic acids is 1. The highest BCUT2D eigenvalue weighted by Gasteiger charge is 2.22. The molecule has 2 aromatic carbocycles. The zero-order valence-corrected chi connectivity index (χ0v) is 19.5. The van der Waals surface area contributed by atoms with Crippen LogP contribution in [0.1, 0.15) is 42.1 Å². The van der Waals surface area contributed by atoms with Gasteiger partial charge in [0.1, 0.15) is 11.9 Å². The highest BCUT2D eigenvalue weighted by Crippen LogP contribution is 2.23. The number of halogens is 2. The molecular formula is C27H24F2N6O. The van der Waals surface area contributed by atoms with E-state index in [-0.39, 0.29) is 11.8 Å². The predicted molar refractivity (Wildman–Crippen MR) is 132 cm³/mol.